The second-order valence-electron chi connectivity index (χ2n) is 8.23. The normalized spacial score (nSPS) is 11.9. The molecule has 0 spiro atoms. The minimum Gasteiger partial charge on any atom is -0.497 e. The number of hydrogen-bond donors (Lipinski definition) is 2. The molecule has 7 heteroatoms. The monoisotopic (exact) mass is 468 g/mol. The number of carbonyl (C=O) groups excluding carboxylic acids is 2. The van der Waals surface area contributed by atoms with Crippen LogP contribution in [-0.4, -0.2) is 34.5 Å². The van der Waals surface area contributed by atoms with Gasteiger partial charge in [-0.1, -0.05) is 48.5 Å². The van der Waals surface area contributed by atoms with Gasteiger partial charge in [0.1, 0.15) is 11.8 Å². The predicted molar refractivity (Wildman–Crippen MR) is 137 cm³/mol. The number of rotatable bonds is 9. The summed E-state index contributed by atoms with van der Waals surface area (Å²) in [7, 11) is 1.60. The van der Waals surface area contributed by atoms with E-state index < -0.39 is 6.04 Å². The smallest absolute Gasteiger partial charge is 0.244 e. The molecule has 2 amide bonds. The van der Waals surface area contributed by atoms with E-state index in [0.717, 1.165) is 40.0 Å². The molecule has 1 atom stereocenters. The lowest BCUT2D eigenvalue weighted by Crippen LogP contribution is -2.44. The fraction of sp³-hybridized carbons (Fsp3) is 0.179. The zero-order valence-corrected chi connectivity index (χ0v) is 19.8. The summed E-state index contributed by atoms with van der Waals surface area (Å²) in [5.41, 5.74) is 5.06. The summed E-state index contributed by atoms with van der Waals surface area (Å²) in [5.74, 6) is 0.170. The lowest BCUT2D eigenvalue weighted by molar-refractivity contribution is -0.126. The number of amides is 2. The molecule has 0 radical (unpaired) electrons. The van der Waals surface area contributed by atoms with Crippen LogP contribution in [0.2, 0.25) is 0 Å². The van der Waals surface area contributed by atoms with Crippen molar-refractivity contribution in [2.45, 2.75) is 26.1 Å². The highest BCUT2D eigenvalue weighted by Gasteiger charge is 2.14. The van der Waals surface area contributed by atoms with Crippen LogP contribution in [-0.2, 0) is 22.7 Å². The molecule has 1 aromatic heterocycles. The number of para-hydroxylation sites is 2. The number of imidazole rings is 1. The Bertz CT molecular complexity index is 1320. The first-order valence-electron chi connectivity index (χ1n) is 11.4. The van der Waals surface area contributed by atoms with Crippen molar-refractivity contribution in [3.8, 4) is 5.75 Å². The van der Waals surface area contributed by atoms with Gasteiger partial charge in [0.2, 0.25) is 11.8 Å². The van der Waals surface area contributed by atoms with Crippen molar-refractivity contribution in [2.75, 3.05) is 7.11 Å². The maximum absolute atomic E-state index is 12.4. The number of aromatic nitrogens is 2. The van der Waals surface area contributed by atoms with Crippen LogP contribution in [0.4, 0.5) is 0 Å². The number of ether oxygens (including phenoxy) is 1. The van der Waals surface area contributed by atoms with Gasteiger partial charge in [-0.2, -0.15) is 0 Å². The van der Waals surface area contributed by atoms with Gasteiger partial charge in [0.05, 0.1) is 24.5 Å². The van der Waals surface area contributed by atoms with Crippen LogP contribution in [0.25, 0.3) is 17.1 Å². The predicted octanol–water partition coefficient (Wildman–Crippen LogP) is 3.93. The van der Waals surface area contributed by atoms with Crippen molar-refractivity contribution in [3.05, 3.63) is 102 Å². The third-order valence-corrected chi connectivity index (χ3v) is 5.67. The Kier molecular flexibility index (Phi) is 7.57. The van der Waals surface area contributed by atoms with E-state index in [2.05, 4.69) is 26.3 Å². The zero-order valence-electron chi connectivity index (χ0n) is 19.8. The molecule has 0 aliphatic heterocycles. The van der Waals surface area contributed by atoms with Gasteiger partial charge >= 0.3 is 0 Å². The summed E-state index contributed by atoms with van der Waals surface area (Å²) in [6.07, 6.45) is 4.95. The van der Waals surface area contributed by atoms with Crippen molar-refractivity contribution >= 4 is 28.9 Å². The molecule has 0 saturated carbocycles. The van der Waals surface area contributed by atoms with Crippen molar-refractivity contribution < 1.29 is 14.3 Å². The lowest BCUT2D eigenvalue weighted by atomic mass is 10.1. The zero-order chi connectivity index (χ0) is 24.6. The Morgan fingerprint density at radius 1 is 1.00 bits per heavy atom. The Hall–Kier alpha value is -4.39. The first kappa shape index (κ1) is 23.8. The van der Waals surface area contributed by atoms with Crippen molar-refractivity contribution in [1.29, 1.82) is 0 Å². The number of hydrogen-bond acceptors (Lipinski definition) is 4. The summed E-state index contributed by atoms with van der Waals surface area (Å²) in [6.45, 7) is 2.77. The summed E-state index contributed by atoms with van der Waals surface area (Å²) >= 11 is 0. The molecular weight excluding hydrogens is 440 g/mol. The summed E-state index contributed by atoms with van der Waals surface area (Å²) in [4.78, 5) is 29.0. The van der Waals surface area contributed by atoms with Gasteiger partial charge in [-0.3, -0.25) is 9.59 Å². The molecular formula is C28H28N4O3. The second-order valence-corrected chi connectivity index (χ2v) is 8.23. The second kappa shape index (κ2) is 11.2. The molecule has 4 aromatic rings. The van der Waals surface area contributed by atoms with Gasteiger partial charge in [0, 0.05) is 19.2 Å². The van der Waals surface area contributed by atoms with Crippen LogP contribution in [0.15, 0.2) is 85.2 Å². The van der Waals surface area contributed by atoms with Crippen LogP contribution in [0.1, 0.15) is 23.6 Å². The first-order chi connectivity index (χ1) is 17.0. The van der Waals surface area contributed by atoms with Crippen LogP contribution < -0.4 is 15.4 Å². The molecule has 3 aromatic carbocycles. The molecule has 178 valence electrons. The van der Waals surface area contributed by atoms with E-state index in [0.29, 0.717) is 6.54 Å². The van der Waals surface area contributed by atoms with Gasteiger partial charge in [0.25, 0.3) is 0 Å². The number of methoxy groups -OCH3 is 1. The van der Waals surface area contributed by atoms with Gasteiger partial charge < -0.3 is 19.9 Å². The molecule has 0 bridgehead atoms. The highest BCUT2D eigenvalue weighted by molar-refractivity contribution is 5.95. The summed E-state index contributed by atoms with van der Waals surface area (Å²) in [5, 5.41) is 5.56. The highest BCUT2D eigenvalue weighted by atomic mass is 16.5. The van der Waals surface area contributed by atoms with Gasteiger partial charge in [0.15, 0.2) is 0 Å². The molecule has 0 fully saturated rings. The summed E-state index contributed by atoms with van der Waals surface area (Å²) < 4.78 is 7.23. The van der Waals surface area contributed by atoms with E-state index in [4.69, 9.17) is 4.74 Å². The minimum atomic E-state index is -0.656. The fourth-order valence-corrected chi connectivity index (χ4v) is 3.65. The average molecular weight is 469 g/mol. The van der Waals surface area contributed by atoms with Gasteiger partial charge in [-0.05, 0) is 54.0 Å². The highest BCUT2D eigenvalue weighted by Crippen LogP contribution is 2.15. The van der Waals surface area contributed by atoms with Crippen LogP contribution in [0.3, 0.4) is 0 Å². The molecule has 2 N–H and O–H groups in total. The lowest BCUT2D eigenvalue weighted by Gasteiger charge is -2.13. The Morgan fingerprint density at radius 3 is 2.46 bits per heavy atom. The maximum atomic E-state index is 12.4. The third-order valence-electron chi connectivity index (χ3n) is 5.67. The molecule has 1 heterocycles. The van der Waals surface area contributed by atoms with Crippen LogP contribution >= 0.6 is 0 Å². The molecule has 7 nitrogen and oxygen atoms in total. The maximum Gasteiger partial charge on any atom is 0.244 e. The van der Waals surface area contributed by atoms with Crippen molar-refractivity contribution in [3.63, 3.8) is 0 Å². The van der Waals surface area contributed by atoms with E-state index in [-0.39, 0.29) is 11.8 Å². The SMILES string of the molecule is COc1ccc(/C=C/C(=O)NC(C)C(=O)NCc2ccc(Cn3cnc4ccccc43)cc2)cc1. The number of benzene rings is 3. The topological polar surface area (TPSA) is 85.2 Å². The first-order valence-corrected chi connectivity index (χ1v) is 11.4. The number of nitrogens with one attached hydrogen (secondary N) is 2. The van der Waals surface area contributed by atoms with E-state index in [1.165, 1.54) is 6.08 Å². The van der Waals surface area contributed by atoms with E-state index >= 15 is 0 Å². The molecule has 0 saturated heterocycles. The molecule has 1 unspecified atom stereocenters. The largest absolute Gasteiger partial charge is 0.497 e. The number of fused-ring (bicyclic) bond motifs is 1. The van der Waals surface area contributed by atoms with Gasteiger partial charge in [-0.15, -0.1) is 0 Å². The molecule has 0 aliphatic carbocycles. The summed E-state index contributed by atoms with van der Waals surface area (Å²) in [6, 6.07) is 22.8. The van der Waals surface area contributed by atoms with E-state index in [9.17, 15) is 9.59 Å². The van der Waals surface area contributed by atoms with E-state index in [1.54, 1.807) is 20.1 Å². The quantitative estimate of drug-likeness (QED) is 0.365. The average Bonchev–Trinajstić information content (AvgIpc) is 3.30. The number of nitrogens with zero attached hydrogens (tertiary/aromatic N) is 2. The van der Waals surface area contributed by atoms with Crippen LogP contribution in [0, 0.1) is 0 Å². The minimum absolute atomic E-state index is 0.245. The van der Waals surface area contributed by atoms with Crippen molar-refractivity contribution in [1.82, 2.24) is 20.2 Å². The standard InChI is InChI=1S/C28H28N4O3/c1-20(31-27(33)16-13-21-11-14-24(35-2)15-12-21)28(34)29-17-22-7-9-23(10-8-22)18-32-19-30-25-5-3-4-6-26(25)32/h3-16,19-20H,17-18H2,1-2H3,(H,29,34)(H,31,33)/b16-13+. The van der Waals surface area contributed by atoms with Gasteiger partial charge in [-0.25, -0.2) is 4.98 Å². The van der Waals surface area contributed by atoms with Crippen molar-refractivity contribution in [2.24, 2.45) is 0 Å². The number of carbonyl (C=O) groups is 2. The molecule has 4 rings (SSSR count). The fourth-order valence-electron chi connectivity index (χ4n) is 3.65. The Labute approximate surface area is 204 Å². The Balaban J connectivity index is 1.24. The third kappa shape index (κ3) is 6.35. The molecule has 35 heavy (non-hydrogen) atoms. The van der Waals surface area contributed by atoms with Crippen LogP contribution in [0.5, 0.6) is 5.75 Å². The Morgan fingerprint density at radius 2 is 1.71 bits per heavy atom. The molecule has 0 aliphatic rings. The van der Waals surface area contributed by atoms with E-state index in [1.807, 2.05) is 73.1 Å².